The Kier molecular flexibility index (Phi) is 3.44. The highest BCUT2D eigenvalue weighted by Gasteiger charge is 2.00. The lowest BCUT2D eigenvalue weighted by Gasteiger charge is -2.04. The highest BCUT2D eigenvalue weighted by atomic mass is 16.5. The van der Waals surface area contributed by atoms with Gasteiger partial charge in [0.15, 0.2) is 0 Å². The molecule has 0 aliphatic rings. The molecule has 2 aromatic rings. The Morgan fingerprint density at radius 1 is 1.41 bits per heavy atom. The van der Waals surface area contributed by atoms with Crippen LogP contribution in [0.15, 0.2) is 23.1 Å². The zero-order valence-electron chi connectivity index (χ0n) is 9.05. The van der Waals surface area contributed by atoms with Crippen LogP contribution in [-0.4, -0.2) is 27.8 Å². The molecule has 0 aromatic carbocycles. The molecular formula is C11H11N3O3. The van der Waals surface area contributed by atoms with Crippen molar-refractivity contribution in [1.82, 2.24) is 15.0 Å². The monoisotopic (exact) mass is 233 g/mol. The molecule has 0 amide bonds. The molecule has 88 valence electrons. The Labute approximate surface area is 96.7 Å². The zero-order chi connectivity index (χ0) is 12.1. The number of fused-ring (bicyclic) bond motifs is 1. The summed E-state index contributed by atoms with van der Waals surface area (Å²) in [5, 5.41) is 0.741. The van der Waals surface area contributed by atoms with Gasteiger partial charge in [-0.05, 0) is 12.5 Å². The number of pyridine rings is 1. The van der Waals surface area contributed by atoms with E-state index >= 15 is 0 Å². The van der Waals surface area contributed by atoms with Crippen molar-refractivity contribution in [3.63, 3.8) is 0 Å². The Morgan fingerprint density at radius 3 is 3.12 bits per heavy atom. The summed E-state index contributed by atoms with van der Waals surface area (Å²) in [6, 6.07) is 3.46. The summed E-state index contributed by atoms with van der Waals surface area (Å²) < 4.78 is 5.34. The summed E-state index contributed by atoms with van der Waals surface area (Å²) in [7, 11) is 0. The van der Waals surface area contributed by atoms with Gasteiger partial charge in [0, 0.05) is 24.1 Å². The molecule has 0 unspecified atom stereocenters. The number of unbranched alkanes of at least 4 members (excludes halogenated alkanes) is 1. The van der Waals surface area contributed by atoms with Crippen molar-refractivity contribution < 1.29 is 9.53 Å². The quantitative estimate of drug-likeness (QED) is 0.606. The van der Waals surface area contributed by atoms with Gasteiger partial charge in [0.2, 0.25) is 5.88 Å². The maximum atomic E-state index is 11.0. The van der Waals surface area contributed by atoms with E-state index < -0.39 is 5.69 Å². The number of aromatic amines is 1. The number of rotatable bonds is 5. The van der Waals surface area contributed by atoms with Crippen LogP contribution in [-0.2, 0) is 4.79 Å². The number of H-pyrrole nitrogens is 1. The highest BCUT2D eigenvalue weighted by Crippen LogP contribution is 2.12. The van der Waals surface area contributed by atoms with Crippen molar-refractivity contribution in [2.24, 2.45) is 0 Å². The van der Waals surface area contributed by atoms with Crippen LogP contribution in [0.2, 0.25) is 0 Å². The lowest BCUT2D eigenvalue weighted by molar-refractivity contribution is -0.108. The molecule has 6 heteroatoms. The molecule has 2 aromatic heterocycles. The van der Waals surface area contributed by atoms with Crippen molar-refractivity contribution >= 4 is 17.3 Å². The summed E-state index contributed by atoms with van der Waals surface area (Å²) in [5.74, 6) is 0.422. The van der Waals surface area contributed by atoms with Crippen molar-refractivity contribution in [2.45, 2.75) is 12.8 Å². The molecule has 2 heterocycles. The Morgan fingerprint density at radius 2 is 2.29 bits per heavy atom. The lowest BCUT2D eigenvalue weighted by Crippen LogP contribution is -2.09. The molecule has 0 bridgehead atoms. The van der Waals surface area contributed by atoms with Gasteiger partial charge in [-0.15, -0.1) is 0 Å². The largest absolute Gasteiger partial charge is 0.478 e. The minimum atomic E-state index is -0.442. The fourth-order valence-corrected chi connectivity index (χ4v) is 1.34. The van der Waals surface area contributed by atoms with Gasteiger partial charge in [0.25, 0.3) is 0 Å². The Balaban J connectivity index is 2.13. The second-order valence-corrected chi connectivity index (χ2v) is 3.43. The maximum absolute atomic E-state index is 11.0. The predicted octanol–water partition coefficient (Wildman–Crippen LogP) is 0.676. The van der Waals surface area contributed by atoms with Crippen molar-refractivity contribution in [3.05, 3.63) is 28.8 Å². The van der Waals surface area contributed by atoms with Crippen LogP contribution in [0, 0.1) is 0 Å². The van der Waals surface area contributed by atoms with Crippen molar-refractivity contribution in [1.29, 1.82) is 0 Å². The summed E-state index contributed by atoms with van der Waals surface area (Å²) >= 11 is 0. The molecule has 0 saturated heterocycles. The fraction of sp³-hybridized carbons (Fsp3) is 0.273. The number of aldehydes is 1. The zero-order valence-corrected chi connectivity index (χ0v) is 9.05. The van der Waals surface area contributed by atoms with Crippen molar-refractivity contribution in [3.8, 4) is 5.88 Å². The molecular weight excluding hydrogens is 222 g/mol. The van der Waals surface area contributed by atoms with E-state index in [4.69, 9.17) is 4.74 Å². The first-order chi connectivity index (χ1) is 8.29. The SMILES string of the molecule is O=CCCCOc1ccc2cnc(=O)[nH]c2n1. The fourth-order valence-electron chi connectivity index (χ4n) is 1.34. The molecule has 6 nitrogen and oxygen atoms in total. The molecule has 0 radical (unpaired) electrons. The van der Waals surface area contributed by atoms with Gasteiger partial charge in [0.1, 0.15) is 11.9 Å². The Hall–Kier alpha value is -2.24. The number of nitrogens with zero attached hydrogens (tertiary/aromatic N) is 2. The number of carbonyl (C=O) groups is 1. The number of hydrogen-bond donors (Lipinski definition) is 1. The first-order valence-corrected chi connectivity index (χ1v) is 5.22. The molecule has 0 aliphatic heterocycles. The van der Waals surface area contributed by atoms with E-state index in [0.29, 0.717) is 31.0 Å². The second kappa shape index (κ2) is 5.20. The second-order valence-electron chi connectivity index (χ2n) is 3.43. The molecule has 2 rings (SSSR count). The topological polar surface area (TPSA) is 84.9 Å². The first kappa shape index (κ1) is 11.3. The maximum Gasteiger partial charge on any atom is 0.346 e. The van der Waals surface area contributed by atoms with Gasteiger partial charge in [-0.1, -0.05) is 0 Å². The Bertz CT molecular complexity index is 579. The highest BCUT2D eigenvalue weighted by molar-refractivity contribution is 5.73. The third kappa shape index (κ3) is 2.87. The minimum absolute atomic E-state index is 0.422. The van der Waals surface area contributed by atoms with Crippen LogP contribution < -0.4 is 10.4 Å². The molecule has 0 atom stereocenters. The number of nitrogens with one attached hydrogen (secondary N) is 1. The molecule has 0 fully saturated rings. The van der Waals surface area contributed by atoms with E-state index in [1.807, 2.05) is 0 Å². The third-order valence-electron chi connectivity index (χ3n) is 2.16. The van der Waals surface area contributed by atoms with Crippen LogP contribution in [0.25, 0.3) is 11.0 Å². The normalized spacial score (nSPS) is 10.4. The number of ether oxygens (including phenoxy) is 1. The van der Waals surface area contributed by atoms with Crippen LogP contribution in [0.1, 0.15) is 12.8 Å². The van der Waals surface area contributed by atoms with Crippen molar-refractivity contribution in [2.75, 3.05) is 6.61 Å². The van der Waals surface area contributed by atoms with Crippen LogP contribution >= 0.6 is 0 Å². The van der Waals surface area contributed by atoms with Gasteiger partial charge in [-0.3, -0.25) is 4.98 Å². The van der Waals surface area contributed by atoms with E-state index in [1.54, 1.807) is 12.1 Å². The van der Waals surface area contributed by atoms with Gasteiger partial charge >= 0.3 is 5.69 Å². The lowest BCUT2D eigenvalue weighted by atomic mass is 10.3. The first-order valence-electron chi connectivity index (χ1n) is 5.22. The number of carbonyl (C=O) groups excluding carboxylic acids is 1. The van der Waals surface area contributed by atoms with E-state index in [2.05, 4.69) is 15.0 Å². The minimum Gasteiger partial charge on any atom is -0.478 e. The summed E-state index contributed by atoms with van der Waals surface area (Å²) in [6.07, 6.45) is 3.42. The smallest absolute Gasteiger partial charge is 0.346 e. The van der Waals surface area contributed by atoms with Gasteiger partial charge in [-0.25, -0.2) is 9.78 Å². The van der Waals surface area contributed by atoms with Crippen LogP contribution in [0.4, 0.5) is 0 Å². The third-order valence-corrected chi connectivity index (χ3v) is 2.16. The molecule has 0 aliphatic carbocycles. The van der Waals surface area contributed by atoms with Gasteiger partial charge in [-0.2, -0.15) is 4.98 Å². The van der Waals surface area contributed by atoms with Crippen LogP contribution in [0.5, 0.6) is 5.88 Å². The van der Waals surface area contributed by atoms with E-state index in [0.717, 1.165) is 11.7 Å². The van der Waals surface area contributed by atoms with E-state index in [9.17, 15) is 9.59 Å². The summed E-state index contributed by atoms with van der Waals surface area (Å²) in [6.45, 7) is 0.423. The summed E-state index contributed by atoms with van der Waals surface area (Å²) in [5.41, 5.74) is 0.000919. The van der Waals surface area contributed by atoms with E-state index in [1.165, 1.54) is 6.20 Å². The standard InChI is InChI=1S/C11H11N3O3/c15-5-1-2-6-17-9-4-3-8-7-12-11(16)14-10(8)13-9/h3-5,7H,1-2,6H2,(H,12,13,14,16). The molecule has 0 saturated carbocycles. The molecule has 0 spiro atoms. The molecule has 1 N–H and O–H groups in total. The predicted molar refractivity (Wildman–Crippen MR) is 61.0 cm³/mol. The average molecular weight is 233 g/mol. The van der Waals surface area contributed by atoms with Gasteiger partial charge < -0.3 is 9.53 Å². The molecule has 17 heavy (non-hydrogen) atoms. The number of hydrogen-bond acceptors (Lipinski definition) is 5. The number of aromatic nitrogens is 3. The summed E-state index contributed by atoms with van der Waals surface area (Å²) in [4.78, 5) is 31.4. The van der Waals surface area contributed by atoms with E-state index in [-0.39, 0.29) is 0 Å². The average Bonchev–Trinajstić information content (AvgIpc) is 2.34. The van der Waals surface area contributed by atoms with Gasteiger partial charge in [0.05, 0.1) is 6.61 Å². The van der Waals surface area contributed by atoms with Crippen LogP contribution in [0.3, 0.4) is 0 Å².